The second-order valence-corrected chi connectivity index (χ2v) is 7.91. The molecule has 7 heteroatoms. The van der Waals surface area contributed by atoms with E-state index in [4.69, 9.17) is 16.6 Å². The van der Waals surface area contributed by atoms with E-state index >= 15 is 0 Å². The lowest BCUT2D eigenvalue weighted by Gasteiger charge is -2.10. The summed E-state index contributed by atoms with van der Waals surface area (Å²) >= 11 is 7.78. The van der Waals surface area contributed by atoms with Gasteiger partial charge >= 0.3 is 0 Å². The number of halogens is 1. The molecule has 0 aliphatic carbocycles. The average Bonchev–Trinajstić information content (AvgIpc) is 3.09. The van der Waals surface area contributed by atoms with Crippen molar-refractivity contribution in [3.05, 3.63) is 62.5 Å². The van der Waals surface area contributed by atoms with Gasteiger partial charge in [-0.1, -0.05) is 23.7 Å². The number of aromatic nitrogens is 3. The fourth-order valence-electron chi connectivity index (χ4n) is 3.22. The predicted molar refractivity (Wildman–Crippen MR) is 104 cm³/mol. The minimum Gasteiger partial charge on any atom is -0.271 e. The van der Waals surface area contributed by atoms with Crippen LogP contribution in [-0.2, 0) is 0 Å². The van der Waals surface area contributed by atoms with Crippen molar-refractivity contribution in [2.24, 2.45) is 4.99 Å². The minimum absolute atomic E-state index is 0.252. The van der Waals surface area contributed by atoms with Crippen molar-refractivity contribution >= 4 is 28.6 Å². The second kappa shape index (κ2) is 6.35. The maximum Gasteiger partial charge on any atom is 0.164 e. The molecule has 0 spiro atoms. The number of nitriles is 1. The Labute approximate surface area is 160 Å². The summed E-state index contributed by atoms with van der Waals surface area (Å²) in [6.45, 7) is 6.15. The van der Waals surface area contributed by atoms with Crippen molar-refractivity contribution in [3.8, 4) is 11.1 Å². The summed E-state index contributed by atoms with van der Waals surface area (Å²) in [6.07, 6.45) is 0.252. The van der Waals surface area contributed by atoms with E-state index in [1.165, 1.54) is 10.4 Å². The van der Waals surface area contributed by atoms with Crippen LogP contribution in [0, 0.1) is 32.1 Å². The Balaban J connectivity index is 2.05. The maximum absolute atomic E-state index is 9.31. The second-order valence-electron chi connectivity index (χ2n) is 6.27. The molecule has 1 atom stereocenters. The smallest absolute Gasteiger partial charge is 0.164 e. The molecular formula is C19H16ClN5S. The summed E-state index contributed by atoms with van der Waals surface area (Å²) in [7, 11) is 0. The molecule has 1 aliphatic rings. The molecule has 130 valence electrons. The zero-order valence-corrected chi connectivity index (χ0v) is 16.2. The molecule has 0 saturated carbocycles. The molecule has 2 aromatic heterocycles. The van der Waals surface area contributed by atoms with E-state index in [9.17, 15) is 5.26 Å². The van der Waals surface area contributed by atoms with Crippen LogP contribution in [0.2, 0.25) is 5.02 Å². The number of aliphatic imine (C=N–C) groups is 1. The monoisotopic (exact) mass is 381 g/mol. The van der Waals surface area contributed by atoms with Crippen molar-refractivity contribution in [1.29, 1.82) is 5.26 Å². The summed E-state index contributed by atoms with van der Waals surface area (Å²) in [5, 5.41) is 19.6. The molecule has 0 fully saturated rings. The summed E-state index contributed by atoms with van der Waals surface area (Å²) in [5.74, 6) is 1.52. The molecule has 0 saturated heterocycles. The fourth-order valence-corrected chi connectivity index (χ4v) is 4.56. The number of thiophene rings is 1. The minimum atomic E-state index is -0.355. The first-order chi connectivity index (χ1) is 12.5. The van der Waals surface area contributed by atoms with Crippen molar-refractivity contribution in [3.63, 3.8) is 0 Å². The van der Waals surface area contributed by atoms with Crippen LogP contribution in [0.1, 0.15) is 45.7 Å². The first-order valence-electron chi connectivity index (χ1n) is 8.24. The topological polar surface area (TPSA) is 66.9 Å². The van der Waals surface area contributed by atoms with Crippen LogP contribution in [0.3, 0.4) is 0 Å². The summed E-state index contributed by atoms with van der Waals surface area (Å²) in [4.78, 5) is 6.20. The van der Waals surface area contributed by atoms with Crippen LogP contribution in [0.4, 0.5) is 0 Å². The molecular weight excluding hydrogens is 366 g/mol. The van der Waals surface area contributed by atoms with Gasteiger partial charge in [-0.25, -0.2) is 0 Å². The normalized spacial score (nSPS) is 15.7. The summed E-state index contributed by atoms with van der Waals surface area (Å²) < 4.78 is 2.05. The molecule has 0 N–H and O–H groups in total. The van der Waals surface area contributed by atoms with Crippen molar-refractivity contribution < 1.29 is 0 Å². The first-order valence-corrected chi connectivity index (χ1v) is 9.44. The largest absolute Gasteiger partial charge is 0.271 e. The number of rotatable bonds is 2. The van der Waals surface area contributed by atoms with Crippen LogP contribution >= 0.6 is 22.9 Å². The Hall–Kier alpha value is -2.49. The third kappa shape index (κ3) is 2.56. The lowest BCUT2D eigenvalue weighted by molar-refractivity contribution is 0.676. The first kappa shape index (κ1) is 17.0. The predicted octanol–water partition coefficient (Wildman–Crippen LogP) is 4.71. The lowest BCUT2D eigenvalue weighted by Crippen LogP contribution is -2.07. The van der Waals surface area contributed by atoms with E-state index in [1.54, 1.807) is 11.3 Å². The van der Waals surface area contributed by atoms with Gasteiger partial charge in [-0.15, -0.1) is 21.5 Å². The molecule has 1 aromatic carbocycles. The van der Waals surface area contributed by atoms with E-state index in [0.29, 0.717) is 5.02 Å². The fraction of sp³-hybridized carbons (Fsp3) is 0.263. The van der Waals surface area contributed by atoms with E-state index < -0.39 is 0 Å². The number of benzene rings is 1. The highest BCUT2D eigenvalue weighted by molar-refractivity contribution is 7.15. The molecule has 0 radical (unpaired) electrons. The Bertz CT molecular complexity index is 1070. The van der Waals surface area contributed by atoms with Gasteiger partial charge in [0.25, 0.3) is 0 Å². The van der Waals surface area contributed by atoms with Gasteiger partial charge in [-0.2, -0.15) is 5.26 Å². The maximum atomic E-state index is 9.31. The Kier molecular flexibility index (Phi) is 4.14. The van der Waals surface area contributed by atoms with Crippen LogP contribution in [0.15, 0.2) is 29.3 Å². The van der Waals surface area contributed by atoms with Crippen LogP contribution < -0.4 is 0 Å². The van der Waals surface area contributed by atoms with Gasteiger partial charge in [0.2, 0.25) is 0 Å². The SMILES string of the molecule is Cc1sc2c(c1C)C(c1ccc(Cl)cc1)=NC(CC#N)c1nnc(C)n1-2. The highest BCUT2D eigenvalue weighted by Gasteiger charge is 2.31. The molecule has 4 rings (SSSR count). The molecule has 0 bridgehead atoms. The van der Waals surface area contributed by atoms with E-state index in [1.807, 2.05) is 31.2 Å². The van der Waals surface area contributed by atoms with Gasteiger partial charge in [0, 0.05) is 21.0 Å². The number of nitrogens with zero attached hydrogens (tertiary/aromatic N) is 5. The van der Waals surface area contributed by atoms with Gasteiger partial charge in [-0.3, -0.25) is 9.56 Å². The number of hydrogen-bond donors (Lipinski definition) is 0. The van der Waals surface area contributed by atoms with E-state index in [0.717, 1.165) is 33.5 Å². The molecule has 1 unspecified atom stereocenters. The van der Waals surface area contributed by atoms with E-state index in [-0.39, 0.29) is 12.5 Å². The van der Waals surface area contributed by atoms with Crippen molar-refractivity contribution in [2.75, 3.05) is 0 Å². The highest BCUT2D eigenvalue weighted by Crippen LogP contribution is 2.39. The van der Waals surface area contributed by atoms with Crippen LogP contribution in [-0.4, -0.2) is 20.5 Å². The molecule has 0 amide bonds. The third-order valence-corrected chi connectivity index (χ3v) is 6.09. The van der Waals surface area contributed by atoms with Crippen LogP contribution in [0.25, 0.3) is 5.00 Å². The van der Waals surface area contributed by atoms with Crippen molar-refractivity contribution in [2.45, 2.75) is 33.2 Å². The molecule has 26 heavy (non-hydrogen) atoms. The highest BCUT2D eigenvalue weighted by atomic mass is 35.5. The van der Waals surface area contributed by atoms with E-state index in [2.05, 4.69) is 34.7 Å². The quantitative estimate of drug-likeness (QED) is 0.645. The average molecular weight is 382 g/mol. The third-order valence-electron chi connectivity index (χ3n) is 4.64. The Morgan fingerprint density at radius 3 is 2.62 bits per heavy atom. The zero-order chi connectivity index (χ0) is 18.4. The van der Waals surface area contributed by atoms with Gasteiger partial charge in [0.1, 0.15) is 16.9 Å². The molecule has 5 nitrogen and oxygen atoms in total. The van der Waals surface area contributed by atoms with Gasteiger partial charge < -0.3 is 0 Å². The lowest BCUT2D eigenvalue weighted by atomic mass is 10.00. The van der Waals surface area contributed by atoms with Gasteiger partial charge in [0.15, 0.2) is 5.82 Å². The van der Waals surface area contributed by atoms with Crippen molar-refractivity contribution in [1.82, 2.24) is 14.8 Å². The summed E-state index contributed by atoms with van der Waals surface area (Å²) in [5.41, 5.74) is 4.13. The standard InChI is InChI=1S/C19H16ClN5S/c1-10-11(2)26-19-16(10)17(13-4-6-14(20)7-5-13)22-15(8-9-21)18-24-23-12(3)25(18)19/h4-7,15H,8H2,1-3H3. The van der Waals surface area contributed by atoms with Gasteiger partial charge in [0.05, 0.1) is 18.2 Å². The molecule has 3 heterocycles. The number of aryl methyl sites for hydroxylation is 2. The Morgan fingerprint density at radius 1 is 1.19 bits per heavy atom. The molecule has 1 aliphatic heterocycles. The Morgan fingerprint density at radius 2 is 1.92 bits per heavy atom. The van der Waals surface area contributed by atoms with Crippen LogP contribution in [0.5, 0.6) is 0 Å². The number of fused-ring (bicyclic) bond motifs is 3. The van der Waals surface area contributed by atoms with Gasteiger partial charge in [-0.05, 0) is 38.5 Å². The number of hydrogen-bond acceptors (Lipinski definition) is 5. The summed E-state index contributed by atoms with van der Waals surface area (Å²) in [6, 6.07) is 9.55. The molecule has 3 aromatic rings. The zero-order valence-electron chi connectivity index (χ0n) is 14.6.